The Hall–Kier alpha value is -3.99. The molecule has 2 aromatic heterocycles. The number of fused-ring (bicyclic) bond motifs is 4. The number of aromatic nitrogens is 2. The summed E-state index contributed by atoms with van der Waals surface area (Å²) in [7, 11) is 0. The third-order valence-electron chi connectivity index (χ3n) is 7.44. The third kappa shape index (κ3) is 4.36. The normalized spacial score (nSPS) is 20.2. The Morgan fingerprint density at radius 1 is 1.18 bits per heavy atom. The van der Waals surface area contributed by atoms with Gasteiger partial charge in [0.25, 0.3) is 5.91 Å². The van der Waals surface area contributed by atoms with Gasteiger partial charge in [-0.1, -0.05) is 0 Å². The Kier molecular flexibility index (Phi) is 6.22. The molecule has 1 aliphatic carbocycles. The Labute approximate surface area is 217 Å². The first-order valence-electron chi connectivity index (χ1n) is 12.9. The minimum Gasteiger partial charge on any atom is -0.480 e. The zero-order valence-corrected chi connectivity index (χ0v) is 21.0. The first-order valence-corrected chi connectivity index (χ1v) is 12.9. The topological polar surface area (TPSA) is 115 Å². The maximum absolute atomic E-state index is 14.9. The number of hydrogen-bond acceptors (Lipinski definition) is 7. The maximum atomic E-state index is 14.9. The van der Waals surface area contributed by atoms with Gasteiger partial charge in [-0.3, -0.25) is 14.5 Å². The second kappa shape index (κ2) is 9.71. The predicted molar refractivity (Wildman–Crippen MR) is 138 cm³/mol. The van der Waals surface area contributed by atoms with Crippen LogP contribution < -0.4 is 25.7 Å². The molecule has 2 atom stereocenters. The smallest absolute Gasteiger partial charge is 0.415 e. The Balaban J connectivity index is 1.05. The molecule has 2 aliphatic heterocycles. The Morgan fingerprint density at radius 2 is 2.03 bits per heavy atom. The van der Waals surface area contributed by atoms with Gasteiger partial charge in [-0.2, -0.15) is 0 Å². The minimum absolute atomic E-state index is 0.0624. The second-order valence-electron chi connectivity index (χ2n) is 9.91. The average Bonchev–Trinajstić information content (AvgIpc) is 3.51. The molecule has 0 saturated carbocycles. The van der Waals surface area contributed by atoms with Crippen LogP contribution in [0.3, 0.4) is 0 Å². The van der Waals surface area contributed by atoms with Crippen molar-refractivity contribution in [3.8, 4) is 5.75 Å². The van der Waals surface area contributed by atoms with Crippen molar-refractivity contribution >= 4 is 34.5 Å². The van der Waals surface area contributed by atoms with Crippen LogP contribution in [0.2, 0.25) is 0 Å². The second-order valence-corrected chi connectivity index (χ2v) is 9.91. The van der Waals surface area contributed by atoms with Crippen LogP contribution in [0, 0.1) is 11.7 Å². The minimum atomic E-state index is -0.485. The number of benzene rings is 1. The number of rotatable bonds is 7. The van der Waals surface area contributed by atoms with Gasteiger partial charge >= 0.3 is 6.09 Å². The van der Waals surface area contributed by atoms with Crippen LogP contribution in [0.25, 0.3) is 10.9 Å². The zero-order valence-electron chi connectivity index (χ0n) is 21.0. The van der Waals surface area contributed by atoms with Crippen LogP contribution in [-0.4, -0.2) is 53.9 Å². The number of aryl methyl sites for hydroxylation is 1. The van der Waals surface area contributed by atoms with Crippen LogP contribution in [-0.2, 0) is 28.9 Å². The molecule has 1 saturated heterocycles. The highest BCUT2D eigenvalue weighted by Crippen LogP contribution is 2.34. The molecule has 38 heavy (non-hydrogen) atoms. The van der Waals surface area contributed by atoms with Gasteiger partial charge in [0, 0.05) is 24.2 Å². The number of nitrogens with one attached hydrogen (secondary N) is 2. The SMILES string of the molecule is CCn1ccc(=O)c2cc(F)c3c(c21)CC(CNCCC1CN(c2ccc4c(n2)NC(=O)CO4)C(=O)O1)C3. The fourth-order valence-corrected chi connectivity index (χ4v) is 5.60. The first-order chi connectivity index (χ1) is 18.4. The number of carbonyl (C=O) groups is 2. The third-order valence-corrected chi connectivity index (χ3v) is 7.44. The molecular formula is C27H28FN5O5. The van der Waals surface area contributed by atoms with Gasteiger partial charge < -0.3 is 24.7 Å². The largest absolute Gasteiger partial charge is 0.480 e. The van der Waals surface area contributed by atoms with Crippen molar-refractivity contribution in [3.63, 3.8) is 0 Å². The lowest BCUT2D eigenvalue weighted by atomic mass is 10.0. The fourth-order valence-electron chi connectivity index (χ4n) is 5.60. The molecule has 3 aliphatic rings. The number of amides is 2. The van der Waals surface area contributed by atoms with E-state index in [0.29, 0.717) is 68.0 Å². The van der Waals surface area contributed by atoms with E-state index in [4.69, 9.17) is 9.47 Å². The fraction of sp³-hybridized carbons (Fsp3) is 0.407. The Morgan fingerprint density at radius 3 is 2.87 bits per heavy atom. The van der Waals surface area contributed by atoms with Crippen molar-refractivity contribution in [2.45, 2.75) is 38.8 Å². The molecule has 3 aromatic rings. The van der Waals surface area contributed by atoms with Gasteiger partial charge in [0.1, 0.15) is 17.7 Å². The van der Waals surface area contributed by atoms with Crippen molar-refractivity contribution < 1.29 is 23.5 Å². The predicted octanol–water partition coefficient (Wildman–Crippen LogP) is 2.61. The molecule has 0 bridgehead atoms. The molecule has 4 heterocycles. The summed E-state index contributed by atoms with van der Waals surface area (Å²) >= 11 is 0. The molecule has 6 rings (SSSR count). The van der Waals surface area contributed by atoms with Crippen molar-refractivity contribution in [2.24, 2.45) is 5.92 Å². The van der Waals surface area contributed by atoms with Gasteiger partial charge in [0.15, 0.2) is 23.6 Å². The van der Waals surface area contributed by atoms with E-state index >= 15 is 0 Å². The average molecular weight is 522 g/mol. The standard InChI is InChI=1S/C27H28FN5O5/c1-2-32-8-6-21(34)19-11-20(28)17-9-15(10-18(17)25(19)32)12-29-7-5-16-13-33(27(36)38-16)23-4-3-22-26(30-23)31-24(35)14-37-22/h3-4,6,8,11,15-16,29H,2,5,7,9-10,12-14H2,1H3,(H,30,31,35). The summed E-state index contributed by atoms with van der Waals surface area (Å²) in [6.07, 6.45) is 2.92. The number of anilines is 2. The summed E-state index contributed by atoms with van der Waals surface area (Å²) in [4.78, 5) is 42.2. The molecule has 198 valence electrons. The lowest BCUT2D eigenvalue weighted by Crippen LogP contribution is -2.30. The number of hydrogen-bond donors (Lipinski definition) is 2. The number of nitrogens with zero attached hydrogens (tertiary/aromatic N) is 3. The summed E-state index contributed by atoms with van der Waals surface area (Å²) in [6.45, 7) is 4.32. The van der Waals surface area contributed by atoms with Gasteiger partial charge in [-0.15, -0.1) is 0 Å². The van der Waals surface area contributed by atoms with Gasteiger partial charge in [-0.05, 0) is 74.5 Å². The molecule has 1 aromatic carbocycles. The monoisotopic (exact) mass is 521 g/mol. The maximum Gasteiger partial charge on any atom is 0.415 e. The number of carbonyl (C=O) groups excluding carboxylic acids is 2. The van der Waals surface area contributed by atoms with E-state index in [1.165, 1.54) is 17.0 Å². The molecular weight excluding hydrogens is 493 g/mol. The highest BCUT2D eigenvalue weighted by atomic mass is 19.1. The van der Waals surface area contributed by atoms with Crippen molar-refractivity contribution in [1.29, 1.82) is 0 Å². The number of ether oxygens (including phenoxy) is 2. The quantitative estimate of drug-likeness (QED) is 0.460. The first kappa shape index (κ1) is 24.4. The summed E-state index contributed by atoms with van der Waals surface area (Å²) in [5.74, 6) is 0.747. The summed E-state index contributed by atoms with van der Waals surface area (Å²) in [5, 5.41) is 6.51. The molecule has 0 radical (unpaired) electrons. The number of pyridine rings is 2. The van der Waals surface area contributed by atoms with Crippen LogP contribution in [0.5, 0.6) is 5.75 Å². The van der Waals surface area contributed by atoms with Crippen LogP contribution in [0.1, 0.15) is 24.5 Å². The highest BCUT2D eigenvalue weighted by Gasteiger charge is 2.34. The van der Waals surface area contributed by atoms with Gasteiger partial charge in [0.2, 0.25) is 0 Å². The molecule has 2 amide bonds. The molecule has 0 spiro atoms. The summed E-state index contributed by atoms with van der Waals surface area (Å²) in [6, 6.07) is 6.22. The van der Waals surface area contributed by atoms with Crippen molar-refractivity contribution in [2.75, 3.05) is 36.5 Å². The van der Waals surface area contributed by atoms with Crippen LogP contribution in [0.15, 0.2) is 35.3 Å². The van der Waals surface area contributed by atoms with Gasteiger partial charge in [0.05, 0.1) is 12.1 Å². The van der Waals surface area contributed by atoms with E-state index in [1.54, 1.807) is 18.3 Å². The summed E-state index contributed by atoms with van der Waals surface area (Å²) < 4.78 is 27.7. The van der Waals surface area contributed by atoms with Crippen LogP contribution in [0.4, 0.5) is 20.8 Å². The molecule has 1 fully saturated rings. The number of cyclic esters (lactones) is 1. The van der Waals surface area contributed by atoms with Crippen molar-refractivity contribution in [1.82, 2.24) is 14.9 Å². The van der Waals surface area contributed by atoms with E-state index in [-0.39, 0.29) is 41.6 Å². The lowest BCUT2D eigenvalue weighted by Gasteiger charge is -2.19. The van der Waals surface area contributed by atoms with E-state index < -0.39 is 6.09 Å². The Bertz CT molecular complexity index is 1510. The summed E-state index contributed by atoms with van der Waals surface area (Å²) in [5.41, 5.74) is 2.33. The van der Waals surface area contributed by atoms with E-state index in [9.17, 15) is 18.8 Å². The number of halogens is 1. The molecule has 2 N–H and O–H groups in total. The molecule has 2 unspecified atom stereocenters. The zero-order chi connectivity index (χ0) is 26.4. The molecule has 11 heteroatoms. The van der Waals surface area contributed by atoms with E-state index in [2.05, 4.69) is 15.6 Å². The highest BCUT2D eigenvalue weighted by molar-refractivity contribution is 5.95. The van der Waals surface area contributed by atoms with Gasteiger partial charge in [-0.25, -0.2) is 14.2 Å². The van der Waals surface area contributed by atoms with Crippen LogP contribution >= 0.6 is 0 Å². The van der Waals surface area contributed by atoms with E-state index in [1.807, 2.05) is 11.5 Å². The van der Waals surface area contributed by atoms with Crippen molar-refractivity contribution in [3.05, 3.63) is 57.6 Å². The lowest BCUT2D eigenvalue weighted by molar-refractivity contribution is -0.118. The molecule has 10 nitrogen and oxygen atoms in total. The van der Waals surface area contributed by atoms with E-state index in [0.717, 1.165) is 11.1 Å².